The summed E-state index contributed by atoms with van der Waals surface area (Å²) in [7, 11) is 0. The third-order valence-electron chi connectivity index (χ3n) is 4.74. The van der Waals surface area contributed by atoms with Crippen molar-refractivity contribution < 1.29 is 24.2 Å². The van der Waals surface area contributed by atoms with E-state index < -0.39 is 36.0 Å². The fourth-order valence-corrected chi connectivity index (χ4v) is 4.68. The summed E-state index contributed by atoms with van der Waals surface area (Å²) >= 11 is 2.11. The Morgan fingerprint density at radius 1 is 1.39 bits per heavy atom. The van der Waals surface area contributed by atoms with Crippen LogP contribution in [0.25, 0.3) is 0 Å². The van der Waals surface area contributed by atoms with E-state index in [9.17, 15) is 14.7 Å². The van der Waals surface area contributed by atoms with E-state index >= 15 is 0 Å². The minimum absolute atomic E-state index is 0.0537. The molecule has 0 spiro atoms. The second kappa shape index (κ2) is 6.05. The predicted molar refractivity (Wildman–Crippen MR) is 90.9 cm³/mol. The van der Waals surface area contributed by atoms with E-state index in [0.717, 1.165) is 14.7 Å². The molecule has 5 atom stereocenters. The fourth-order valence-electron chi connectivity index (χ4n) is 3.65. The first-order chi connectivity index (χ1) is 10.8. The van der Waals surface area contributed by atoms with Gasteiger partial charge in [-0.15, -0.1) is 0 Å². The molecule has 124 valence electrons. The Balaban J connectivity index is 1.85. The summed E-state index contributed by atoms with van der Waals surface area (Å²) in [6.07, 6.45) is -0.711. The van der Waals surface area contributed by atoms with Crippen molar-refractivity contribution in [3.8, 4) is 5.75 Å². The van der Waals surface area contributed by atoms with E-state index in [1.165, 1.54) is 0 Å². The number of hydrogen-bond acceptors (Lipinski definition) is 5. The average molecular weight is 430 g/mol. The number of carbonyl (C=O) groups is 2. The Morgan fingerprint density at radius 2 is 2.09 bits per heavy atom. The van der Waals surface area contributed by atoms with E-state index in [4.69, 9.17) is 9.47 Å². The average Bonchev–Trinajstić information content (AvgIpc) is 2.64. The van der Waals surface area contributed by atoms with Crippen LogP contribution in [0, 0.1) is 35.2 Å². The second-order valence-corrected chi connectivity index (χ2v) is 7.72. The van der Waals surface area contributed by atoms with Gasteiger partial charge >= 0.3 is 11.9 Å². The van der Waals surface area contributed by atoms with Crippen LogP contribution < -0.4 is 4.74 Å². The molecule has 6 heteroatoms. The lowest BCUT2D eigenvalue weighted by atomic mass is 9.87. The van der Waals surface area contributed by atoms with Crippen molar-refractivity contribution in [3.63, 3.8) is 0 Å². The molecule has 1 aromatic carbocycles. The van der Waals surface area contributed by atoms with Crippen LogP contribution in [-0.2, 0) is 14.3 Å². The Hall–Kier alpha value is -1.15. The number of aliphatic hydroxyl groups is 1. The molecule has 2 aliphatic rings. The van der Waals surface area contributed by atoms with Crippen molar-refractivity contribution in [2.75, 3.05) is 0 Å². The van der Waals surface area contributed by atoms with Gasteiger partial charge in [-0.2, -0.15) is 0 Å². The molecule has 1 aliphatic carbocycles. The lowest BCUT2D eigenvalue weighted by Gasteiger charge is -2.31. The van der Waals surface area contributed by atoms with E-state index in [0.29, 0.717) is 12.2 Å². The van der Waals surface area contributed by atoms with Gasteiger partial charge in [-0.05, 0) is 66.0 Å². The summed E-state index contributed by atoms with van der Waals surface area (Å²) < 4.78 is 11.6. The highest BCUT2D eigenvalue weighted by Crippen LogP contribution is 2.43. The molecule has 1 saturated heterocycles. The Kier molecular flexibility index (Phi) is 4.39. The minimum Gasteiger partial charge on any atom is -0.459 e. The lowest BCUT2D eigenvalue weighted by Crippen LogP contribution is -2.48. The van der Waals surface area contributed by atoms with Gasteiger partial charge in [0.15, 0.2) is 5.92 Å². The van der Waals surface area contributed by atoms with Crippen molar-refractivity contribution >= 4 is 34.5 Å². The summed E-state index contributed by atoms with van der Waals surface area (Å²) in [6.45, 7) is 5.75. The summed E-state index contributed by atoms with van der Waals surface area (Å²) in [5.41, 5.74) is 1.91. The normalized spacial score (nSPS) is 32.6. The standard InChI is InChI=1S/C17H19IO5/c1-7-4-8(2)14(11(18)5-7)22-16(20)12-10-6-9(3)15(13(10)19)23-17(12)21/h4-5,9-10,12-13,15,19H,6H2,1-3H3. The highest BCUT2D eigenvalue weighted by Gasteiger charge is 2.56. The largest absolute Gasteiger partial charge is 0.459 e. The van der Waals surface area contributed by atoms with Crippen LogP contribution in [0.3, 0.4) is 0 Å². The van der Waals surface area contributed by atoms with Crippen LogP contribution >= 0.6 is 22.6 Å². The zero-order valence-electron chi connectivity index (χ0n) is 13.2. The van der Waals surface area contributed by atoms with Crippen LogP contribution in [0.5, 0.6) is 5.75 Å². The third kappa shape index (κ3) is 2.87. The van der Waals surface area contributed by atoms with Gasteiger partial charge in [-0.3, -0.25) is 9.59 Å². The van der Waals surface area contributed by atoms with Crippen LogP contribution in [-0.4, -0.2) is 29.3 Å². The van der Waals surface area contributed by atoms with Gasteiger partial charge in [0, 0.05) is 5.92 Å². The number of fused-ring (bicyclic) bond motifs is 2. The zero-order valence-corrected chi connectivity index (χ0v) is 15.4. The highest BCUT2D eigenvalue weighted by molar-refractivity contribution is 14.1. The van der Waals surface area contributed by atoms with Crippen LogP contribution in [0.1, 0.15) is 24.5 Å². The predicted octanol–water partition coefficient (Wildman–Crippen LogP) is 2.37. The maximum Gasteiger partial charge on any atom is 0.326 e. The van der Waals surface area contributed by atoms with Gasteiger partial charge in [-0.1, -0.05) is 13.0 Å². The number of rotatable bonds is 2. The molecule has 23 heavy (non-hydrogen) atoms. The molecule has 0 aromatic heterocycles. The maximum absolute atomic E-state index is 12.6. The molecule has 2 bridgehead atoms. The topological polar surface area (TPSA) is 72.8 Å². The van der Waals surface area contributed by atoms with E-state index in [1.54, 1.807) is 0 Å². The molecule has 2 fully saturated rings. The summed E-state index contributed by atoms with van der Waals surface area (Å²) in [5.74, 6) is -2.18. The molecule has 0 amide bonds. The van der Waals surface area contributed by atoms with Crippen LogP contribution in [0.4, 0.5) is 0 Å². The van der Waals surface area contributed by atoms with Crippen molar-refractivity contribution in [1.82, 2.24) is 0 Å². The van der Waals surface area contributed by atoms with Gasteiger partial charge in [0.2, 0.25) is 0 Å². The van der Waals surface area contributed by atoms with E-state index in [-0.39, 0.29) is 5.92 Å². The molecular weight excluding hydrogens is 411 g/mol. The Morgan fingerprint density at radius 3 is 2.74 bits per heavy atom. The molecule has 1 saturated carbocycles. The number of ether oxygens (including phenoxy) is 2. The maximum atomic E-state index is 12.6. The molecule has 1 aliphatic heterocycles. The Bertz CT molecular complexity index is 648. The Labute approximate surface area is 148 Å². The molecule has 3 rings (SSSR count). The molecule has 1 N–H and O–H groups in total. The van der Waals surface area contributed by atoms with Crippen molar-refractivity contribution in [3.05, 3.63) is 26.8 Å². The molecule has 5 nitrogen and oxygen atoms in total. The molecule has 0 radical (unpaired) electrons. The zero-order chi connectivity index (χ0) is 16.9. The van der Waals surface area contributed by atoms with Gasteiger partial charge < -0.3 is 14.6 Å². The first-order valence-electron chi connectivity index (χ1n) is 7.66. The monoisotopic (exact) mass is 430 g/mol. The van der Waals surface area contributed by atoms with E-state index in [2.05, 4.69) is 22.6 Å². The van der Waals surface area contributed by atoms with Gasteiger partial charge in [-0.25, -0.2) is 0 Å². The number of halogens is 1. The SMILES string of the molecule is Cc1cc(C)c(OC(=O)C2C(=O)OC3C(C)CC2C3O)c(I)c1. The number of carbonyl (C=O) groups excluding carboxylic acids is 2. The number of benzene rings is 1. The molecular formula is C17H19IO5. The number of aliphatic hydroxyl groups excluding tert-OH is 1. The molecule has 5 unspecified atom stereocenters. The summed E-state index contributed by atoms with van der Waals surface area (Å²) in [6, 6.07) is 3.84. The van der Waals surface area contributed by atoms with Crippen molar-refractivity contribution in [1.29, 1.82) is 0 Å². The molecule has 1 heterocycles. The number of esters is 2. The quantitative estimate of drug-likeness (QED) is 0.338. The van der Waals surface area contributed by atoms with Crippen LogP contribution in [0.15, 0.2) is 12.1 Å². The van der Waals surface area contributed by atoms with Gasteiger partial charge in [0.25, 0.3) is 0 Å². The minimum atomic E-state index is -1.05. The van der Waals surface area contributed by atoms with Crippen molar-refractivity contribution in [2.24, 2.45) is 17.8 Å². The summed E-state index contributed by atoms with van der Waals surface area (Å²) in [4.78, 5) is 24.7. The highest BCUT2D eigenvalue weighted by atomic mass is 127. The first-order valence-corrected chi connectivity index (χ1v) is 8.74. The summed E-state index contributed by atoms with van der Waals surface area (Å²) in [5, 5.41) is 10.2. The number of aryl methyl sites for hydroxylation is 2. The second-order valence-electron chi connectivity index (χ2n) is 6.56. The van der Waals surface area contributed by atoms with Gasteiger partial charge in [0.1, 0.15) is 11.9 Å². The smallest absolute Gasteiger partial charge is 0.326 e. The molecule has 1 aromatic rings. The van der Waals surface area contributed by atoms with Crippen LogP contribution in [0.2, 0.25) is 0 Å². The number of hydrogen-bond donors (Lipinski definition) is 1. The van der Waals surface area contributed by atoms with Crippen molar-refractivity contribution in [2.45, 2.75) is 39.4 Å². The first kappa shape index (κ1) is 16.7. The third-order valence-corrected chi connectivity index (χ3v) is 5.55. The van der Waals surface area contributed by atoms with E-state index in [1.807, 2.05) is 32.9 Å². The van der Waals surface area contributed by atoms with Gasteiger partial charge in [0.05, 0.1) is 9.67 Å². The fraction of sp³-hybridized carbons (Fsp3) is 0.529. The lowest BCUT2D eigenvalue weighted by molar-refractivity contribution is -0.180.